The van der Waals surface area contributed by atoms with Crippen LogP contribution in [-0.4, -0.2) is 23.1 Å². The largest absolute Gasteiger partial charge is 0.326 e. The summed E-state index contributed by atoms with van der Waals surface area (Å²) in [5.74, 6) is -0.235. The van der Waals surface area contributed by atoms with Crippen LogP contribution in [0.2, 0.25) is 0 Å². The van der Waals surface area contributed by atoms with Gasteiger partial charge in [-0.3, -0.25) is 9.52 Å². The van der Waals surface area contributed by atoms with Crippen LogP contribution in [0, 0.1) is 5.92 Å². The molecule has 0 bridgehead atoms. The third-order valence-electron chi connectivity index (χ3n) is 3.47. The van der Waals surface area contributed by atoms with Crippen LogP contribution in [0.5, 0.6) is 0 Å². The lowest BCUT2D eigenvalue weighted by molar-refractivity contribution is -0.118. The van der Waals surface area contributed by atoms with E-state index >= 15 is 0 Å². The van der Waals surface area contributed by atoms with Crippen LogP contribution in [0.4, 0.5) is 11.4 Å². The van der Waals surface area contributed by atoms with Crippen molar-refractivity contribution in [3.05, 3.63) is 42.5 Å². The van der Waals surface area contributed by atoms with Gasteiger partial charge in [-0.1, -0.05) is 19.9 Å². The minimum absolute atomic E-state index is 0.0796. The topological polar surface area (TPSA) is 101 Å². The zero-order valence-electron chi connectivity index (χ0n) is 13.6. The number of carbonyl (C=O) groups is 1. The molecule has 3 rings (SSSR count). The molecule has 0 fully saturated rings. The van der Waals surface area contributed by atoms with Crippen LogP contribution < -0.4 is 10.0 Å². The van der Waals surface area contributed by atoms with Crippen LogP contribution in [-0.2, 0) is 14.8 Å². The second-order valence-electron chi connectivity index (χ2n) is 5.71. The first-order chi connectivity index (χ1) is 11.9. The Morgan fingerprint density at radius 2 is 1.72 bits per heavy atom. The third-order valence-corrected chi connectivity index (χ3v) is 5.42. The van der Waals surface area contributed by atoms with Gasteiger partial charge in [0.05, 0.1) is 11.7 Å². The van der Waals surface area contributed by atoms with Crippen LogP contribution in [0.25, 0.3) is 11.0 Å². The zero-order chi connectivity index (χ0) is 18.0. The lowest BCUT2D eigenvalue weighted by Gasteiger charge is -2.10. The van der Waals surface area contributed by atoms with Crippen molar-refractivity contribution >= 4 is 50.1 Å². The lowest BCUT2D eigenvalue weighted by Crippen LogP contribution is -2.17. The van der Waals surface area contributed by atoms with Crippen molar-refractivity contribution in [2.75, 3.05) is 10.0 Å². The molecule has 1 heterocycles. The van der Waals surface area contributed by atoms with Gasteiger partial charge in [-0.05, 0) is 36.4 Å². The van der Waals surface area contributed by atoms with Crippen LogP contribution >= 0.6 is 11.7 Å². The van der Waals surface area contributed by atoms with Gasteiger partial charge >= 0.3 is 0 Å². The molecule has 0 atom stereocenters. The molecule has 130 valence electrons. The molecular formula is C16H16N4O3S2. The molecule has 2 N–H and O–H groups in total. The van der Waals surface area contributed by atoms with E-state index in [2.05, 4.69) is 18.8 Å². The molecule has 0 spiro atoms. The highest BCUT2D eigenvalue weighted by atomic mass is 32.2. The number of carbonyl (C=O) groups excluding carboxylic acids is 1. The van der Waals surface area contributed by atoms with Gasteiger partial charge in [0.15, 0.2) is 0 Å². The Labute approximate surface area is 149 Å². The first-order valence-electron chi connectivity index (χ1n) is 7.52. The van der Waals surface area contributed by atoms with Crippen molar-refractivity contribution in [2.24, 2.45) is 5.92 Å². The molecule has 1 aromatic heterocycles. The van der Waals surface area contributed by atoms with Crippen molar-refractivity contribution in [3.63, 3.8) is 0 Å². The number of amides is 1. The summed E-state index contributed by atoms with van der Waals surface area (Å²) in [5, 5.41) is 2.75. The van der Waals surface area contributed by atoms with E-state index in [1.165, 1.54) is 6.07 Å². The van der Waals surface area contributed by atoms with E-state index < -0.39 is 10.0 Å². The number of sulfonamides is 1. The Morgan fingerprint density at radius 1 is 1.04 bits per heavy atom. The predicted molar refractivity (Wildman–Crippen MR) is 98.1 cm³/mol. The molecule has 7 nitrogen and oxygen atoms in total. The summed E-state index contributed by atoms with van der Waals surface area (Å²) in [6.45, 7) is 3.59. The predicted octanol–water partition coefficient (Wildman–Crippen LogP) is 3.09. The first kappa shape index (κ1) is 17.3. The summed E-state index contributed by atoms with van der Waals surface area (Å²) < 4.78 is 35.9. The Hall–Kier alpha value is -2.52. The quantitative estimate of drug-likeness (QED) is 0.712. The lowest BCUT2D eigenvalue weighted by atomic mass is 10.2. The van der Waals surface area contributed by atoms with Crippen molar-refractivity contribution in [2.45, 2.75) is 18.7 Å². The van der Waals surface area contributed by atoms with Crippen molar-refractivity contribution in [1.29, 1.82) is 0 Å². The molecule has 3 aromatic rings. The molecule has 0 aliphatic heterocycles. The second kappa shape index (κ2) is 6.77. The molecule has 0 unspecified atom stereocenters. The Morgan fingerprint density at radius 3 is 2.40 bits per heavy atom. The van der Waals surface area contributed by atoms with E-state index in [4.69, 9.17) is 0 Å². The SMILES string of the molecule is CC(C)C(=O)Nc1ccc(NS(=O)(=O)c2cccc3nsnc23)cc1. The fourth-order valence-corrected chi connectivity index (χ4v) is 3.94. The van der Waals surface area contributed by atoms with Crippen molar-refractivity contribution in [1.82, 2.24) is 8.75 Å². The Bertz CT molecular complexity index is 1010. The third kappa shape index (κ3) is 3.77. The summed E-state index contributed by atoms with van der Waals surface area (Å²) in [6, 6.07) is 11.3. The van der Waals surface area contributed by atoms with E-state index in [1.807, 2.05) is 0 Å². The van der Waals surface area contributed by atoms with Gasteiger partial charge < -0.3 is 5.32 Å². The van der Waals surface area contributed by atoms with Crippen LogP contribution in [0.3, 0.4) is 0 Å². The molecule has 9 heteroatoms. The number of hydrogen-bond acceptors (Lipinski definition) is 6. The average molecular weight is 376 g/mol. The second-order valence-corrected chi connectivity index (χ2v) is 7.89. The molecule has 0 saturated heterocycles. The van der Waals surface area contributed by atoms with E-state index in [0.29, 0.717) is 22.4 Å². The van der Waals surface area contributed by atoms with E-state index in [0.717, 1.165) is 11.7 Å². The van der Waals surface area contributed by atoms with Crippen molar-refractivity contribution in [3.8, 4) is 0 Å². The highest BCUT2D eigenvalue weighted by Gasteiger charge is 2.19. The van der Waals surface area contributed by atoms with Gasteiger partial charge in [-0.15, -0.1) is 0 Å². The van der Waals surface area contributed by atoms with Gasteiger partial charge in [-0.25, -0.2) is 8.42 Å². The average Bonchev–Trinajstić information content (AvgIpc) is 3.04. The highest BCUT2D eigenvalue weighted by Crippen LogP contribution is 2.24. The Balaban J connectivity index is 1.82. The first-order valence-corrected chi connectivity index (χ1v) is 9.73. The summed E-state index contributed by atoms with van der Waals surface area (Å²) in [5.41, 5.74) is 1.88. The van der Waals surface area contributed by atoms with E-state index in [9.17, 15) is 13.2 Å². The number of aromatic nitrogens is 2. The van der Waals surface area contributed by atoms with E-state index in [-0.39, 0.29) is 16.7 Å². The van der Waals surface area contributed by atoms with Gasteiger partial charge in [0.25, 0.3) is 10.0 Å². The minimum Gasteiger partial charge on any atom is -0.326 e. The highest BCUT2D eigenvalue weighted by molar-refractivity contribution is 7.93. The molecule has 0 radical (unpaired) electrons. The molecule has 0 saturated carbocycles. The molecule has 0 aliphatic carbocycles. The maximum Gasteiger partial charge on any atom is 0.264 e. The van der Waals surface area contributed by atoms with Crippen LogP contribution in [0.1, 0.15) is 13.8 Å². The van der Waals surface area contributed by atoms with Gasteiger partial charge in [0.2, 0.25) is 5.91 Å². The normalized spacial score (nSPS) is 11.6. The van der Waals surface area contributed by atoms with E-state index in [1.54, 1.807) is 50.2 Å². The molecule has 1 amide bonds. The summed E-state index contributed by atoms with van der Waals surface area (Å²) in [4.78, 5) is 11.8. The molecular weight excluding hydrogens is 360 g/mol. The number of nitrogens with zero attached hydrogens (tertiary/aromatic N) is 2. The van der Waals surface area contributed by atoms with Gasteiger partial charge in [0, 0.05) is 17.3 Å². The summed E-state index contributed by atoms with van der Waals surface area (Å²) >= 11 is 0.967. The number of benzene rings is 2. The number of hydrogen-bond donors (Lipinski definition) is 2. The van der Waals surface area contributed by atoms with Gasteiger partial charge in [-0.2, -0.15) is 8.75 Å². The molecule has 25 heavy (non-hydrogen) atoms. The fraction of sp³-hybridized carbons (Fsp3) is 0.188. The smallest absolute Gasteiger partial charge is 0.264 e. The number of anilines is 2. The summed E-state index contributed by atoms with van der Waals surface area (Å²) in [7, 11) is -3.79. The maximum atomic E-state index is 12.6. The standard InChI is InChI=1S/C16H16N4O3S2/c1-10(2)16(21)17-11-6-8-12(9-7-11)20-25(22,23)14-5-3-4-13-15(14)19-24-18-13/h3-10,20H,1-2H3,(H,17,21). The zero-order valence-corrected chi connectivity index (χ0v) is 15.2. The molecule has 0 aliphatic rings. The fourth-order valence-electron chi connectivity index (χ4n) is 2.12. The summed E-state index contributed by atoms with van der Waals surface area (Å²) in [6.07, 6.45) is 0. The number of rotatable bonds is 5. The minimum atomic E-state index is -3.79. The van der Waals surface area contributed by atoms with Crippen LogP contribution in [0.15, 0.2) is 47.4 Å². The number of fused-ring (bicyclic) bond motifs is 1. The van der Waals surface area contributed by atoms with Gasteiger partial charge in [0.1, 0.15) is 15.9 Å². The number of nitrogens with one attached hydrogen (secondary N) is 2. The molecule has 2 aromatic carbocycles. The monoisotopic (exact) mass is 376 g/mol. The maximum absolute atomic E-state index is 12.6. The van der Waals surface area contributed by atoms with Crippen molar-refractivity contribution < 1.29 is 13.2 Å². The Kier molecular flexibility index (Phi) is 4.69.